The maximum absolute atomic E-state index is 5.71. The Morgan fingerprint density at radius 2 is 2.04 bits per heavy atom. The number of rotatable bonds is 6. The van der Waals surface area contributed by atoms with E-state index in [0.29, 0.717) is 12.0 Å². The molecule has 1 aromatic rings. The highest BCUT2D eigenvalue weighted by Crippen LogP contribution is 2.46. The van der Waals surface area contributed by atoms with Crippen molar-refractivity contribution in [3.05, 3.63) is 23.3 Å². The standard InChI is InChI=1S/C20H34N2O/c1-8-9-21-13-16-10-17-15(4)12-20(5,6)22(14(2)3)18(17)11-19(16)23-7/h10-11,14-15,21H,8-9,12-13H2,1-7H3. The number of hydrogen-bond donors (Lipinski definition) is 1. The van der Waals surface area contributed by atoms with E-state index in [0.717, 1.165) is 25.3 Å². The van der Waals surface area contributed by atoms with Crippen LogP contribution in [-0.4, -0.2) is 25.2 Å². The summed E-state index contributed by atoms with van der Waals surface area (Å²) >= 11 is 0. The van der Waals surface area contributed by atoms with Gasteiger partial charge in [-0.1, -0.05) is 13.8 Å². The summed E-state index contributed by atoms with van der Waals surface area (Å²) < 4.78 is 5.71. The molecule has 1 N–H and O–H groups in total. The molecule has 0 aromatic heterocycles. The van der Waals surface area contributed by atoms with Crippen molar-refractivity contribution < 1.29 is 4.74 Å². The van der Waals surface area contributed by atoms with Crippen molar-refractivity contribution in [2.24, 2.45) is 0 Å². The number of fused-ring (bicyclic) bond motifs is 1. The minimum atomic E-state index is 0.174. The van der Waals surface area contributed by atoms with Gasteiger partial charge >= 0.3 is 0 Å². The molecule has 1 unspecified atom stereocenters. The molecular formula is C20H34N2O. The number of hydrogen-bond acceptors (Lipinski definition) is 3. The fraction of sp³-hybridized carbons (Fsp3) is 0.700. The largest absolute Gasteiger partial charge is 0.496 e. The van der Waals surface area contributed by atoms with Crippen molar-refractivity contribution in [1.29, 1.82) is 0 Å². The molecule has 0 bridgehead atoms. The Balaban J connectivity index is 2.47. The van der Waals surface area contributed by atoms with Gasteiger partial charge in [0.25, 0.3) is 0 Å². The minimum absolute atomic E-state index is 0.174. The lowest BCUT2D eigenvalue weighted by Gasteiger charge is -2.50. The molecule has 1 aliphatic rings. The van der Waals surface area contributed by atoms with E-state index in [2.05, 4.69) is 63.9 Å². The van der Waals surface area contributed by atoms with Gasteiger partial charge in [0.05, 0.1) is 7.11 Å². The van der Waals surface area contributed by atoms with Crippen molar-refractivity contribution in [3.63, 3.8) is 0 Å². The highest BCUT2D eigenvalue weighted by atomic mass is 16.5. The Hall–Kier alpha value is -1.22. The fourth-order valence-electron chi connectivity index (χ4n) is 4.23. The molecule has 0 saturated carbocycles. The fourth-order valence-corrected chi connectivity index (χ4v) is 4.23. The van der Waals surface area contributed by atoms with Crippen LogP contribution in [0.4, 0.5) is 5.69 Å². The van der Waals surface area contributed by atoms with Gasteiger partial charge in [-0.25, -0.2) is 0 Å². The first-order chi connectivity index (χ1) is 10.8. The lowest BCUT2D eigenvalue weighted by molar-refractivity contribution is 0.353. The van der Waals surface area contributed by atoms with Crippen molar-refractivity contribution in [2.45, 2.75) is 78.4 Å². The third kappa shape index (κ3) is 3.65. The summed E-state index contributed by atoms with van der Waals surface area (Å²) in [7, 11) is 1.78. The topological polar surface area (TPSA) is 24.5 Å². The molecule has 0 fully saturated rings. The summed E-state index contributed by atoms with van der Waals surface area (Å²) in [5, 5.41) is 3.50. The molecule has 0 spiro atoms. The lowest BCUT2D eigenvalue weighted by atomic mass is 9.78. The number of benzene rings is 1. The zero-order valence-corrected chi connectivity index (χ0v) is 16.0. The van der Waals surface area contributed by atoms with E-state index >= 15 is 0 Å². The number of nitrogens with one attached hydrogen (secondary N) is 1. The maximum atomic E-state index is 5.71. The average Bonchev–Trinajstić information content (AvgIpc) is 2.46. The van der Waals surface area contributed by atoms with E-state index in [1.807, 2.05) is 0 Å². The predicted molar refractivity (Wildman–Crippen MR) is 99.7 cm³/mol. The first-order valence-electron chi connectivity index (χ1n) is 9.02. The summed E-state index contributed by atoms with van der Waals surface area (Å²) in [5.41, 5.74) is 4.26. The van der Waals surface area contributed by atoms with Gasteiger partial charge in [0, 0.05) is 35.4 Å². The second-order valence-electron chi connectivity index (χ2n) is 7.78. The molecule has 1 heterocycles. The Labute approximate surface area is 142 Å². The molecule has 1 aliphatic heterocycles. The second kappa shape index (κ2) is 7.12. The first-order valence-corrected chi connectivity index (χ1v) is 9.02. The van der Waals surface area contributed by atoms with Gasteiger partial charge in [0.2, 0.25) is 0 Å². The van der Waals surface area contributed by atoms with Gasteiger partial charge in [-0.2, -0.15) is 0 Å². The molecule has 3 nitrogen and oxygen atoms in total. The molecule has 130 valence electrons. The molecular weight excluding hydrogens is 284 g/mol. The third-order valence-corrected chi connectivity index (χ3v) is 4.94. The van der Waals surface area contributed by atoms with Crippen LogP contribution in [0.2, 0.25) is 0 Å². The van der Waals surface area contributed by atoms with Gasteiger partial charge in [-0.05, 0) is 64.6 Å². The van der Waals surface area contributed by atoms with E-state index in [9.17, 15) is 0 Å². The van der Waals surface area contributed by atoms with Gasteiger partial charge in [0.15, 0.2) is 0 Å². The predicted octanol–water partition coefficient (Wildman–Crippen LogP) is 4.70. The van der Waals surface area contributed by atoms with Crippen LogP contribution in [0.5, 0.6) is 5.75 Å². The number of ether oxygens (including phenoxy) is 1. The summed E-state index contributed by atoms with van der Waals surface area (Å²) in [6.07, 6.45) is 2.34. The Kier molecular flexibility index (Phi) is 5.61. The molecule has 0 amide bonds. The smallest absolute Gasteiger partial charge is 0.125 e. The van der Waals surface area contributed by atoms with Crippen LogP contribution in [0.25, 0.3) is 0 Å². The van der Waals surface area contributed by atoms with E-state index < -0.39 is 0 Å². The Bertz CT molecular complexity index is 537. The molecule has 0 saturated heterocycles. The second-order valence-corrected chi connectivity index (χ2v) is 7.78. The zero-order chi connectivity index (χ0) is 17.2. The number of anilines is 1. The van der Waals surface area contributed by atoms with E-state index in [1.165, 1.54) is 23.2 Å². The van der Waals surface area contributed by atoms with Gasteiger partial charge in [-0.15, -0.1) is 0 Å². The highest BCUT2D eigenvalue weighted by molar-refractivity contribution is 5.65. The zero-order valence-electron chi connectivity index (χ0n) is 16.0. The SMILES string of the molecule is CCCNCc1cc2c(cc1OC)N(C(C)C)C(C)(C)CC2C. The Morgan fingerprint density at radius 1 is 1.35 bits per heavy atom. The van der Waals surface area contributed by atoms with Crippen LogP contribution in [-0.2, 0) is 6.54 Å². The van der Waals surface area contributed by atoms with Crippen LogP contribution < -0.4 is 15.0 Å². The van der Waals surface area contributed by atoms with Crippen molar-refractivity contribution in [1.82, 2.24) is 5.32 Å². The molecule has 2 rings (SSSR count). The van der Waals surface area contributed by atoms with Gasteiger partial charge < -0.3 is 15.0 Å². The molecule has 0 radical (unpaired) electrons. The Morgan fingerprint density at radius 3 is 2.61 bits per heavy atom. The van der Waals surface area contributed by atoms with Gasteiger partial charge in [0.1, 0.15) is 5.75 Å². The van der Waals surface area contributed by atoms with Crippen LogP contribution in [0.15, 0.2) is 12.1 Å². The third-order valence-electron chi connectivity index (χ3n) is 4.94. The van der Waals surface area contributed by atoms with Gasteiger partial charge in [-0.3, -0.25) is 0 Å². The van der Waals surface area contributed by atoms with Crippen LogP contribution >= 0.6 is 0 Å². The van der Waals surface area contributed by atoms with Crippen LogP contribution in [0, 0.1) is 0 Å². The summed E-state index contributed by atoms with van der Waals surface area (Å²) in [6.45, 7) is 15.7. The molecule has 1 atom stereocenters. The van der Waals surface area contributed by atoms with Crippen molar-refractivity contribution in [2.75, 3.05) is 18.6 Å². The average molecular weight is 319 g/mol. The van der Waals surface area contributed by atoms with Crippen LogP contribution in [0.3, 0.4) is 0 Å². The highest BCUT2D eigenvalue weighted by Gasteiger charge is 2.38. The molecule has 0 aliphatic carbocycles. The summed E-state index contributed by atoms with van der Waals surface area (Å²) in [4.78, 5) is 2.56. The normalized spacial score (nSPS) is 19.8. The quantitative estimate of drug-likeness (QED) is 0.770. The molecule has 3 heteroatoms. The lowest BCUT2D eigenvalue weighted by Crippen LogP contribution is -2.51. The minimum Gasteiger partial charge on any atom is -0.496 e. The monoisotopic (exact) mass is 318 g/mol. The van der Waals surface area contributed by atoms with E-state index in [4.69, 9.17) is 4.74 Å². The number of methoxy groups -OCH3 is 1. The number of nitrogens with zero attached hydrogens (tertiary/aromatic N) is 1. The molecule has 23 heavy (non-hydrogen) atoms. The first kappa shape index (κ1) is 18.1. The maximum Gasteiger partial charge on any atom is 0.125 e. The van der Waals surface area contributed by atoms with Crippen LogP contribution in [0.1, 0.15) is 71.4 Å². The van der Waals surface area contributed by atoms with Crippen molar-refractivity contribution >= 4 is 5.69 Å². The summed E-state index contributed by atoms with van der Waals surface area (Å²) in [5.74, 6) is 1.58. The van der Waals surface area contributed by atoms with Crippen molar-refractivity contribution in [3.8, 4) is 5.75 Å². The summed E-state index contributed by atoms with van der Waals surface area (Å²) in [6, 6.07) is 5.10. The van der Waals surface area contributed by atoms with E-state index in [1.54, 1.807) is 7.11 Å². The molecule has 1 aromatic carbocycles. The van der Waals surface area contributed by atoms with E-state index in [-0.39, 0.29) is 5.54 Å².